The molecule has 1 rings (SSSR count). The number of halogens is 2. The molecule has 112 valence electrons. The van der Waals surface area contributed by atoms with Crippen molar-refractivity contribution in [2.45, 2.75) is 39.3 Å². The number of nitrogens with two attached hydrogens (primary N) is 1. The highest BCUT2D eigenvalue weighted by Crippen LogP contribution is 2.16. The van der Waals surface area contributed by atoms with E-state index in [4.69, 9.17) is 5.73 Å². The Morgan fingerprint density at radius 1 is 1.42 bits per heavy atom. The number of carbonyl (C=O) groups excluding carboxylic acids is 1. The molecule has 1 aromatic rings. The maximum atomic E-state index is 12.1. The van der Waals surface area contributed by atoms with Crippen molar-refractivity contribution >= 4 is 30.7 Å². The summed E-state index contributed by atoms with van der Waals surface area (Å²) in [4.78, 5) is 12.1. The van der Waals surface area contributed by atoms with Crippen LogP contribution in [0.5, 0.6) is 0 Å². The lowest BCUT2D eigenvalue weighted by Gasteiger charge is -2.34. The molecule has 0 spiro atoms. The average Bonchev–Trinajstić information content (AvgIpc) is 2.80. The van der Waals surface area contributed by atoms with E-state index in [-0.39, 0.29) is 48.2 Å². The summed E-state index contributed by atoms with van der Waals surface area (Å²) < 4.78 is 1.63. The quantitative estimate of drug-likeness (QED) is 0.870. The van der Waals surface area contributed by atoms with Gasteiger partial charge in [-0.2, -0.15) is 5.10 Å². The second-order valence-electron chi connectivity index (χ2n) is 4.93. The van der Waals surface area contributed by atoms with E-state index in [9.17, 15) is 4.79 Å². The largest absolute Gasteiger partial charge is 0.348 e. The van der Waals surface area contributed by atoms with Gasteiger partial charge in [0.25, 0.3) is 0 Å². The van der Waals surface area contributed by atoms with E-state index >= 15 is 0 Å². The highest BCUT2D eigenvalue weighted by atomic mass is 35.5. The Balaban J connectivity index is 0. The number of rotatable bonds is 5. The van der Waals surface area contributed by atoms with Crippen molar-refractivity contribution in [1.29, 1.82) is 0 Å². The molecule has 0 saturated carbocycles. The van der Waals surface area contributed by atoms with Gasteiger partial charge in [0.05, 0.1) is 5.54 Å². The van der Waals surface area contributed by atoms with Crippen molar-refractivity contribution in [3.8, 4) is 0 Å². The summed E-state index contributed by atoms with van der Waals surface area (Å²) in [6.07, 6.45) is 3.44. The summed E-state index contributed by atoms with van der Waals surface area (Å²) in [5.41, 5.74) is 5.36. The van der Waals surface area contributed by atoms with E-state index in [1.807, 2.05) is 27.7 Å². The minimum atomic E-state index is -0.376. The summed E-state index contributed by atoms with van der Waals surface area (Å²) in [7, 11) is 0. The molecule has 0 aliphatic carbocycles. The monoisotopic (exact) mass is 310 g/mol. The molecule has 0 aliphatic rings. The molecule has 0 radical (unpaired) electrons. The van der Waals surface area contributed by atoms with Crippen molar-refractivity contribution in [3.63, 3.8) is 0 Å². The maximum Gasteiger partial charge on any atom is 0.245 e. The lowest BCUT2D eigenvalue weighted by Crippen LogP contribution is -2.56. The molecule has 1 amide bonds. The zero-order valence-corrected chi connectivity index (χ0v) is 13.4. The molecule has 0 aromatic carbocycles. The van der Waals surface area contributed by atoms with Crippen LogP contribution < -0.4 is 11.1 Å². The van der Waals surface area contributed by atoms with Gasteiger partial charge in [0.1, 0.15) is 6.04 Å². The number of nitrogens with one attached hydrogen (secondary N) is 1. The number of carbonyl (C=O) groups is 1. The summed E-state index contributed by atoms with van der Waals surface area (Å²) in [6, 6.07) is 1.48. The molecule has 5 nitrogen and oxygen atoms in total. The van der Waals surface area contributed by atoms with E-state index in [1.54, 1.807) is 23.1 Å². The van der Waals surface area contributed by atoms with Crippen molar-refractivity contribution in [2.24, 2.45) is 11.7 Å². The molecule has 7 heteroatoms. The molecule has 0 saturated heterocycles. The van der Waals surface area contributed by atoms with E-state index in [2.05, 4.69) is 10.4 Å². The summed E-state index contributed by atoms with van der Waals surface area (Å²) in [5, 5.41) is 7.07. The fourth-order valence-electron chi connectivity index (χ4n) is 1.45. The standard InChI is InChI=1S/C12H22N4O.2ClH/c1-9(2)12(4,8-13)15-11(17)10(3)16-7-5-6-14-16;;/h5-7,9-10H,8,13H2,1-4H3,(H,15,17);2*1H. The summed E-state index contributed by atoms with van der Waals surface area (Å²) in [6.45, 7) is 8.30. The average molecular weight is 311 g/mol. The molecule has 0 aliphatic heterocycles. The number of aromatic nitrogens is 2. The lowest BCUT2D eigenvalue weighted by atomic mass is 9.88. The van der Waals surface area contributed by atoms with E-state index in [0.717, 1.165) is 0 Å². The summed E-state index contributed by atoms with van der Waals surface area (Å²) in [5.74, 6) is 0.219. The van der Waals surface area contributed by atoms with Gasteiger partial charge in [0.2, 0.25) is 5.91 Å². The topological polar surface area (TPSA) is 72.9 Å². The highest BCUT2D eigenvalue weighted by Gasteiger charge is 2.30. The number of hydrogen-bond donors (Lipinski definition) is 2. The predicted molar refractivity (Wildman–Crippen MR) is 81.9 cm³/mol. The smallest absolute Gasteiger partial charge is 0.245 e. The van der Waals surface area contributed by atoms with Gasteiger partial charge in [-0.25, -0.2) is 0 Å². The van der Waals surface area contributed by atoms with Crippen molar-refractivity contribution < 1.29 is 4.79 Å². The van der Waals surface area contributed by atoms with Crippen LogP contribution in [0.15, 0.2) is 18.5 Å². The molecule has 1 heterocycles. The van der Waals surface area contributed by atoms with E-state index in [0.29, 0.717) is 6.54 Å². The summed E-state index contributed by atoms with van der Waals surface area (Å²) >= 11 is 0. The normalized spacial score (nSPS) is 14.8. The first kappa shape index (κ1) is 20.5. The van der Waals surface area contributed by atoms with Crippen molar-refractivity contribution in [1.82, 2.24) is 15.1 Å². The number of nitrogens with zero attached hydrogens (tertiary/aromatic N) is 2. The second-order valence-corrected chi connectivity index (χ2v) is 4.93. The molecule has 0 fully saturated rings. The van der Waals surface area contributed by atoms with Crippen LogP contribution in [0.1, 0.15) is 33.7 Å². The van der Waals surface area contributed by atoms with Gasteiger partial charge >= 0.3 is 0 Å². The Kier molecular flexibility index (Phi) is 9.08. The first-order chi connectivity index (χ1) is 7.90. The van der Waals surface area contributed by atoms with Crippen LogP contribution >= 0.6 is 24.8 Å². The first-order valence-corrected chi connectivity index (χ1v) is 5.92. The maximum absolute atomic E-state index is 12.1. The van der Waals surface area contributed by atoms with Gasteiger partial charge in [0, 0.05) is 18.9 Å². The van der Waals surface area contributed by atoms with Gasteiger partial charge in [-0.05, 0) is 25.8 Å². The van der Waals surface area contributed by atoms with Gasteiger partial charge in [-0.15, -0.1) is 24.8 Å². The molecule has 1 aromatic heterocycles. The van der Waals surface area contributed by atoms with E-state index < -0.39 is 0 Å². The van der Waals surface area contributed by atoms with Crippen LogP contribution in [0.25, 0.3) is 0 Å². The SMILES string of the molecule is CC(C(=O)NC(C)(CN)C(C)C)n1cccn1.Cl.Cl. The van der Waals surface area contributed by atoms with Gasteiger partial charge in [-0.3, -0.25) is 9.48 Å². The molecule has 0 bridgehead atoms. The Morgan fingerprint density at radius 2 is 2.00 bits per heavy atom. The van der Waals surface area contributed by atoms with Crippen LogP contribution in [0.2, 0.25) is 0 Å². The molecular weight excluding hydrogens is 287 g/mol. The minimum Gasteiger partial charge on any atom is -0.348 e. The Morgan fingerprint density at radius 3 is 2.37 bits per heavy atom. The van der Waals surface area contributed by atoms with Crippen LogP contribution in [0.4, 0.5) is 0 Å². The zero-order chi connectivity index (χ0) is 13.1. The molecular formula is C12H24Cl2N4O. The molecule has 3 N–H and O–H groups in total. The lowest BCUT2D eigenvalue weighted by molar-refractivity contribution is -0.126. The van der Waals surface area contributed by atoms with Gasteiger partial charge in [0.15, 0.2) is 0 Å². The van der Waals surface area contributed by atoms with Crippen LogP contribution in [-0.4, -0.2) is 27.8 Å². The third-order valence-corrected chi connectivity index (χ3v) is 3.41. The minimum absolute atomic E-state index is 0. The van der Waals surface area contributed by atoms with Gasteiger partial charge in [-0.1, -0.05) is 13.8 Å². The third-order valence-electron chi connectivity index (χ3n) is 3.41. The predicted octanol–water partition coefficient (Wildman–Crippen LogP) is 1.78. The zero-order valence-electron chi connectivity index (χ0n) is 11.8. The third kappa shape index (κ3) is 5.01. The number of hydrogen-bond acceptors (Lipinski definition) is 3. The molecule has 2 unspecified atom stereocenters. The van der Waals surface area contributed by atoms with Crippen molar-refractivity contribution in [3.05, 3.63) is 18.5 Å². The van der Waals surface area contributed by atoms with Crippen LogP contribution in [0.3, 0.4) is 0 Å². The van der Waals surface area contributed by atoms with Crippen LogP contribution in [0, 0.1) is 5.92 Å². The van der Waals surface area contributed by atoms with Crippen molar-refractivity contribution in [2.75, 3.05) is 6.54 Å². The molecule has 19 heavy (non-hydrogen) atoms. The highest BCUT2D eigenvalue weighted by molar-refractivity contribution is 5.85. The Labute approximate surface area is 127 Å². The Hall–Kier alpha value is -0.780. The molecule has 2 atom stereocenters. The fraction of sp³-hybridized carbons (Fsp3) is 0.667. The van der Waals surface area contributed by atoms with Gasteiger partial charge < -0.3 is 11.1 Å². The van der Waals surface area contributed by atoms with Crippen LogP contribution in [-0.2, 0) is 4.79 Å². The Bertz CT molecular complexity index is 370. The van der Waals surface area contributed by atoms with E-state index in [1.165, 1.54) is 0 Å². The number of amides is 1. The first-order valence-electron chi connectivity index (χ1n) is 5.92. The fourth-order valence-corrected chi connectivity index (χ4v) is 1.45. The second kappa shape index (κ2) is 8.40.